The molecular weight excluding hydrogens is 200 g/mol. The third-order valence-corrected chi connectivity index (χ3v) is 1.83. The van der Waals surface area contributed by atoms with Crippen LogP contribution in [0.25, 0.3) is 10.8 Å². The average molecular weight is 210 g/mol. The first-order chi connectivity index (χ1) is 6.72. The van der Waals surface area contributed by atoms with Gasteiger partial charge in [-0.3, -0.25) is 14.4 Å². The van der Waals surface area contributed by atoms with Gasteiger partial charge in [-0.1, -0.05) is 24.3 Å². The molecular formula is C10H10O5. The van der Waals surface area contributed by atoms with Crippen molar-refractivity contribution in [2.45, 2.75) is 0 Å². The van der Waals surface area contributed by atoms with Crippen LogP contribution >= 0.6 is 0 Å². The van der Waals surface area contributed by atoms with Crippen molar-refractivity contribution in [3.63, 3.8) is 0 Å². The van der Waals surface area contributed by atoms with E-state index in [9.17, 15) is 14.4 Å². The van der Waals surface area contributed by atoms with E-state index in [-0.39, 0.29) is 16.2 Å². The molecule has 0 fully saturated rings. The summed E-state index contributed by atoms with van der Waals surface area (Å²) in [5.41, 5.74) is -2.29. The predicted octanol–water partition coefficient (Wildman–Crippen LogP) is -1.42. The molecule has 2 aromatic carbocycles. The highest BCUT2D eigenvalue weighted by atomic mass is 16.2. The van der Waals surface area contributed by atoms with Crippen LogP contribution in [-0.4, -0.2) is 17.7 Å². The van der Waals surface area contributed by atoms with Crippen LogP contribution in [0.1, 0.15) is 0 Å². The van der Waals surface area contributed by atoms with E-state index in [0.29, 0.717) is 0 Å². The van der Waals surface area contributed by atoms with E-state index in [2.05, 4.69) is 0 Å². The van der Waals surface area contributed by atoms with Gasteiger partial charge >= 0.3 is 0 Å². The second kappa shape index (κ2) is 5.14. The van der Waals surface area contributed by atoms with Gasteiger partial charge in [-0.2, -0.15) is 0 Å². The van der Waals surface area contributed by atoms with Crippen molar-refractivity contribution < 1.29 is 10.6 Å². The van der Waals surface area contributed by atoms with Crippen molar-refractivity contribution in [3.05, 3.63) is 54.9 Å². The number of aliphatic hydroxyl groups is 1. The minimum Gasteiger partial charge on any atom is -0.412 e. The topological polar surface area (TPSA) is 103 Å². The third-order valence-electron chi connectivity index (χ3n) is 1.83. The fourth-order valence-electron chi connectivity index (χ4n) is 1.23. The van der Waals surface area contributed by atoms with E-state index in [4.69, 9.17) is 5.11 Å². The lowest BCUT2D eigenvalue weighted by Gasteiger charge is -1.81. The molecule has 0 aromatic heterocycles. The average Bonchev–Trinajstić information content (AvgIpc) is 2.48. The van der Waals surface area contributed by atoms with Gasteiger partial charge in [0.2, 0.25) is 10.9 Å². The molecule has 0 bridgehead atoms. The molecule has 80 valence electrons. The molecule has 0 atom stereocenters. The number of rotatable bonds is 0. The monoisotopic (exact) mass is 210 g/mol. The summed E-state index contributed by atoms with van der Waals surface area (Å²) in [5, 5.41) is 7.46. The van der Waals surface area contributed by atoms with Crippen molar-refractivity contribution in [2.24, 2.45) is 0 Å². The van der Waals surface area contributed by atoms with Crippen LogP contribution in [0.3, 0.4) is 0 Å². The molecule has 5 nitrogen and oxygen atoms in total. The van der Waals surface area contributed by atoms with E-state index >= 15 is 0 Å². The second-order valence-electron chi connectivity index (χ2n) is 2.53. The molecule has 15 heavy (non-hydrogen) atoms. The molecule has 2 aromatic rings. The maximum absolute atomic E-state index is 11.0. The van der Waals surface area contributed by atoms with Gasteiger partial charge < -0.3 is 10.6 Å². The van der Waals surface area contributed by atoms with E-state index in [0.717, 1.165) is 7.11 Å². The Hall–Kier alpha value is -1.85. The molecule has 0 spiro atoms. The Kier molecular flexibility index (Phi) is 4.50. The molecule has 0 amide bonds. The van der Waals surface area contributed by atoms with Crippen LogP contribution in [0, 0.1) is 0 Å². The minimum absolute atomic E-state index is 0. The van der Waals surface area contributed by atoms with Crippen LogP contribution in [0.15, 0.2) is 38.6 Å². The van der Waals surface area contributed by atoms with Crippen LogP contribution in [0.4, 0.5) is 0 Å². The number of hydrogen-bond donors (Lipinski definition) is 1. The van der Waals surface area contributed by atoms with Crippen LogP contribution in [-0.2, 0) is 0 Å². The van der Waals surface area contributed by atoms with E-state index in [1.165, 1.54) is 12.1 Å². The summed E-state index contributed by atoms with van der Waals surface area (Å²) in [6.45, 7) is 0. The van der Waals surface area contributed by atoms with Gasteiger partial charge in [0, 0.05) is 17.9 Å². The second-order valence-corrected chi connectivity index (χ2v) is 2.53. The van der Waals surface area contributed by atoms with Gasteiger partial charge in [0.05, 0.1) is 0 Å². The molecule has 0 saturated carbocycles. The van der Waals surface area contributed by atoms with E-state index < -0.39 is 16.3 Å². The quantitative estimate of drug-likeness (QED) is 0.539. The fraction of sp³-hybridized carbons (Fsp3) is 0.100. The molecule has 3 N–H and O–H groups in total. The van der Waals surface area contributed by atoms with E-state index in [1.807, 2.05) is 0 Å². The summed E-state index contributed by atoms with van der Waals surface area (Å²) in [6, 6.07) is 6.23. The largest absolute Gasteiger partial charge is 0.412 e. The summed E-state index contributed by atoms with van der Waals surface area (Å²) >= 11 is 0. The molecule has 5 heteroatoms. The Balaban J connectivity index is 0.000000617. The Bertz CT molecular complexity index is 528. The summed E-state index contributed by atoms with van der Waals surface area (Å²) in [6.07, 6.45) is 0. The molecule has 0 unspecified atom stereocenters. The summed E-state index contributed by atoms with van der Waals surface area (Å²) < 4.78 is 0. The highest BCUT2D eigenvalue weighted by Crippen LogP contribution is 2.01. The van der Waals surface area contributed by atoms with Gasteiger partial charge in [0.25, 0.3) is 5.43 Å². The lowest BCUT2D eigenvalue weighted by atomic mass is 10.2. The Morgan fingerprint density at radius 3 is 1.47 bits per heavy atom. The Labute approximate surface area is 84.2 Å². The maximum atomic E-state index is 11.0. The molecule has 2 rings (SSSR count). The van der Waals surface area contributed by atoms with Crippen molar-refractivity contribution in [1.29, 1.82) is 0 Å². The summed E-state index contributed by atoms with van der Waals surface area (Å²) in [5.74, 6) is 0. The van der Waals surface area contributed by atoms with Gasteiger partial charge in [-0.05, 0) is 0 Å². The van der Waals surface area contributed by atoms with Crippen LogP contribution in [0.5, 0.6) is 0 Å². The fourth-order valence-corrected chi connectivity index (χ4v) is 1.23. The van der Waals surface area contributed by atoms with Crippen LogP contribution in [0.2, 0.25) is 0 Å². The Morgan fingerprint density at radius 2 is 1.13 bits per heavy atom. The molecule has 0 heterocycles. The first-order valence-electron chi connectivity index (χ1n) is 3.89. The third kappa shape index (κ3) is 1.98. The Morgan fingerprint density at radius 1 is 0.800 bits per heavy atom. The number of benzene rings is 1. The van der Waals surface area contributed by atoms with Crippen molar-refractivity contribution >= 4 is 10.8 Å². The lowest BCUT2D eigenvalue weighted by Crippen LogP contribution is -2.29. The van der Waals surface area contributed by atoms with Gasteiger partial charge in [-0.15, -0.1) is 0 Å². The molecule has 0 saturated heterocycles. The SMILES string of the molecule is CO.O.O=c1c(=O)c2ccccc2c1=O. The first-order valence-corrected chi connectivity index (χ1v) is 3.89. The smallest absolute Gasteiger partial charge is 0.273 e. The molecule has 0 aliphatic heterocycles. The zero-order valence-corrected chi connectivity index (χ0v) is 7.98. The predicted molar refractivity (Wildman–Crippen MR) is 56.9 cm³/mol. The van der Waals surface area contributed by atoms with Gasteiger partial charge in [0.1, 0.15) is 0 Å². The summed E-state index contributed by atoms with van der Waals surface area (Å²) in [7, 11) is 1.00. The van der Waals surface area contributed by atoms with Crippen molar-refractivity contribution in [1.82, 2.24) is 0 Å². The zero-order valence-electron chi connectivity index (χ0n) is 7.98. The first kappa shape index (κ1) is 13.2. The maximum Gasteiger partial charge on any atom is 0.273 e. The molecule has 0 aliphatic carbocycles. The standard InChI is InChI=1S/C9H4O3.CH4O.H2O/c10-7-5-3-1-2-4-6(5)8(11)9(7)12;1-2;/h1-4H;2H,1H3;1H2. The number of fused-ring (bicyclic) bond motifs is 1. The highest BCUT2D eigenvalue weighted by molar-refractivity contribution is 5.83. The van der Waals surface area contributed by atoms with Crippen LogP contribution < -0.4 is 16.3 Å². The van der Waals surface area contributed by atoms with Gasteiger partial charge in [0.15, 0.2) is 0 Å². The molecule has 0 radical (unpaired) electrons. The minimum atomic E-state index is -0.920. The summed E-state index contributed by atoms with van der Waals surface area (Å²) in [4.78, 5) is 32.9. The van der Waals surface area contributed by atoms with E-state index in [1.54, 1.807) is 12.1 Å². The number of aliphatic hydroxyl groups excluding tert-OH is 1. The number of hydrogen-bond acceptors (Lipinski definition) is 4. The normalized spacial score (nSPS) is 8.93. The van der Waals surface area contributed by atoms with Crippen molar-refractivity contribution in [3.8, 4) is 0 Å². The van der Waals surface area contributed by atoms with Gasteiger partial charge in [-0.25, -0.2) is 0 Å². The molecule has 0 aliphatic rings. The highest BCUT2D eigenvalue weighted by Gasteiger charge is 2.09. The lowest BCUT2D eigenvalue weighted by molar-refractivity contribution is 0.399. The van der Waals surface area contributed by atoms with Crippen molar-refractivity contribution in [2.75, 3.05) is 7.11 Å². The zero-order chi connectivity index (χ0) is 10.7.